The molecule has 0 fully saturated rings. The Morgan fingerprint density at radius 2 is 1.81 bits per heavy atom. The summed E-state index contributed by atoms with van der Waals surface area (Å²) in [4.78, 5) is 23.4. The molecule has 1 amide bonds. The van der Waals surface area contributed by atoms with E-state index in [1.807, 2.05) is 0 Å². The van der Waals surface area contributed by atoms with Gasteiger partial charge in [-0.2, -0.15) is 13.2 Å². The van der Waals surface area contributed by atoms with Crippen LogP contribution in [-0.4, -0.2) is 25.5 Å². The van der Waals surface area contributed by atoms with E-state index < -0.39 is 36.0 Å². The minimum absolute atomic E-state index is 0.0581. The van der Waals surface area contributed by atoms with Gasteiger partial charge in [-0.25, -0.2) is 9.18 Å². The number of nitrogens with one attached hydrogen (secondary N) is 2. The summed E-state index contributed by atoms with van der Waals surface area (Å²) >= 11 is 5.79. The number of carbonyl (C=O) groups is 2. The van der Waals surface area contributed by atoms with Gasteiger partial charge in [0.25, 0.3) is 0 Å². The Bertz CT molecular complexity index is 872. The maximum atomic E-state index is 13.8. The van der Waals surface area contributed by atoms with Crippen LogP contribution in [-0.2, 0) is 15.7 Å². The first-order valence-electron chi connectivity index (χ1n) is 7.40. The fraction of sp³-hybridized carbons (Fsp3) is 0.176. The van der Waals surface area contributed by atoms with Gasteiger partial charge in [0, 0.05) is 0 Å². The number of hydrogen-bond acceptors (Lipinski definition) is 4. The lowest BCUT2D eigenvalue weighted by Gasteiger charge is -2.13. The highest BCUT2D eigenvalue weighted by Gasteiger charge is 2.31. The standard InChI is InChI=1S/C17H13ClF4N2O3/c1-27-16(26)9-2-5-12(19)14(6-9)23-8-15(25)24-13-7-10(17(20,21)22)3-4-11(13)18/h2-7,23H,8H2,1H3,(H,24,25). The molecular weight excluding hydrogens is 392 g/mol. The Balaban J connectivity index is 2.08. The summed E-state index contributed by atoms with van der Waals surface area (Å²) in [5.41, 5.74) is -1.31. The minimum Gasteiger partial charge on any atom is -0.465 e. The molecule has 0 aromatic heterocycles. The fourth-order valence-corrected chi connectivity index (χ4v) is 2.24. The van der Waals surface area contributed by atoms with E-state index in [4.69, 9.17) is 11.6 Å². The molecule has 0 aliphatic carbocycles. The van der Waals surface area contributed by atoms with Gasteiger partial charge in [0.15, 0.2) is 0 Å². The number of benzene rings is 2. The van der Waals surface area contributed by atoms with Crippen molar-refractivity contribution < 1.29 is 31.9 Å². The first-order valence-corrected chi connectivity index (χ1v) is 7.78. The summed E-state index contributed by atoms with van der Waals surface area (Å²) in [6.45, 7) is -0.478. The molecule has 0 heterocycles. The third kappa shape index (κ3) is 5.33. The summed E-state index contributed by atoms with van der Waals surface area (Å²) in [7, 11) is 1.16. The Hall–Kier alpha value is -2.81. The normalized spacial score (nSPS) is 11.0. The van der Waals surface area contributed by atoms with Crippen LogP contribution in [0.1, 0.15) is 15.9 Å². The van der Waals surface area contributed by atoms with Gasteiger partial charge in [0.2, 0.25) is 5.91 Å². The van der Waals surface area contributed by atoms with Crippen molar-refractivity contribution in [2.24, 2.45) is 0 Å². The monoisotopic (exact) mass is 404 g/mol. The summed E-state index contributed by atoms with van der Waals surface area (Å²) in [5.74, 6) is -2.19. The average molecular weight is 405 g/mol. The molecule has 0 saturated carbocycles. The highest BCUT2D eigenvalue weighted by atomic mass is 35.5. The molecule has 27 heavy (non-hydrogen) atoms. The molecule has 0 bridgehead atoms. The van der Waals surface area contributed by atoms with Crippen molar-refractivity contribution in [1.29, 1.82) is 0 Å². The summed E-state index contributed by atoms with van der Waals surface area (Å²) in [6, 6.07) is 5.84. The van der Waals surface area contributed by atoms with Crippen LogP contribution in [0.15, 0.2) is 36.4 Å². The van der Waals surface area contributed by atoms with Gasteiger partial charge >= 0.3 is 12.1 Å². The van der Waals surface area contributed by atoms with E-state index >= 15 is 0 Å². The Labute approximate surface area is 156 Å². The topological polar surface area (TPSA) is 67.4 Å². The number of carbonyl (C=O) groups excluding carboxylic acids is 2. The lowest BCUT2D eigenvalue weighted by atomic mass is 10.2. The van der Waals surface area contributed by atoms with Crippen LogP contribution in [0, 0.1) is 5.82 Å². The van der Waals surface area contributed by atoms with Crippen LogP contribution >= 0.6 is 11.6 Å². The molecule has 0 aliphatic heterocycles. The third-order valence-corrected chi connectivity index (χ3v) is 3.72. The number of esters is 1. The molecule has 2 aromatic rings. The number of alkyl halides is 3. The zero-order valence-electron chi connectivity index (χ0n) is 13.8. The SMILES string of the molecule is COC(=O)c1ccc(F)c(NCC(=O)Nc2cc(C(F)(F)F)ccc2Cl)c1. The molecule has 10 heteroatoms. The van der Waals surface area contributed by atoms with Crippen LogP contribution in [0.4, 0.5) is 28.9 Å². The molecule has 5 nitrogen and oxygen atoms in total. The molecule has 144 valence electrons. The second-order valence-electron chi connectivity index (χ2n) is 5.28. The highest BCUT2D eigenvalue weighted by molar-refractivity contribution is 6.33. The maximum absolute atomic E-state index is 13.8. The molecule has 0 atom stereocenters. The van der Waals surface area contributed by atoms with Crippen molar-refractivity contribution in [2.45, 2.75) is 6.18 Å². The number of methoxy groups -OCH3 is 1. The molecule has 0 unspecified atom stereocenters. The van der Waals surface area contributed by atoms with E-state index in [9.17, 15) is 27.2 Å². The largest absolute Gasteiger partial charge is 0.465 e. The van der Waals surface area contributed by atoms with Gasteiger partial charge in [0.1, 0.15) is 5.82 Å². The smallest absolute Gasteiger partial charge is 0.416 e. The highest BCUT2D eigenvalue weighted by Crippen LogP contribution is 2.33. The quantitative estimate of drug-likeness (QED) is 0.575. The average Bonchev–Trinajstić information content (AvgIpc) is 2.61. The zero-order chi connectivity index (χ0) is 20.2. The van der Waals surface area contributed by atoms with Crippen LogP contribution < -0.4 is 10.6 Å². The molecular formula is C17H13ClF4N2O3. The number of rotatable bonds is 5. The number of hydrogen-bond donors (Lipinski definition) is 2. The van der Waals surface area contributed by atoms with Gasteiger partial charge in [-0.05, 0) is 36.4 Å². The predicted molar refractivity (Wildman–Crippen MR) is 91.3 cm³/mol. The predicted octanol–water partition coefficient (Wildman–Crippen LogP) is 4.34. The Morgan fingerprint density at radius 3 is 2.44 bits per heavy atom. The number of amides is 1. The molecule has 0 radical (unpaired) electrons. The van der Waals surface area contributed by atoms with Crippen molar-refractivity contribution >= 4 is 34.9 Å². The second-order valence-corrected chi connectivity index (χ2v) is 5.69. The van der Waals surface area contributed by atoms with Gasteiger partial charge in [0.05, 0.1) is 41.2 Å². The first-order chi connectivity index (χ1) is 12.6. The van der Waals surface area contributed by atoms with Gasteiger partial charge < -0.3 is 15.4 Å². The van der Waals surface area contributed by atoms with Crippen molar-refractivity contribution in [3.05, 3.63) is 58.4 Å². The van der Waals surface area contributed by atoms with E-state index in [-0.39, 0.29) is 22.0 Å². The van der Waals surface area contributed by atoms with Gasteiger partial charge in [-0.1, -0.05) is 11.6 Å². The number of ether oxygens (including phenoxy) is 1. The first kappa shape index (κ1) is 20.5. The summed E-state index contributed by atoms with van der Waals surface area (Å²) in [6.07, 6.45) is -4.60. The van der Waals surface area contributed by atoms with Gasteiger partial charge in [-0.3, -0.25) is 4.79 Å². The van der Waals surface area contributed by atoms with Crippen molar-refractivity contribution in [3.8, 4) is 0 Å². The van der Waals surface area contributed by atoms with Crippen LogP contribution in [0.3, 0.4) is 0 Å². The van der Waals surface area contributed by atoms with E-state index in [2.05, 4.69) is 15.4 Å². The molecule has 2 N–H and O–H groups in total. The van der Waals surface area contributed by atoms with Crippen molar-refractivity contribution in [1.82, 2.24) is 0 Å². The number of anilines is 2. The van der Waals surface area contributed by atoms with Gasteiger partial charge in [-0.15, -0.1) is 0 Å². The van der Waals surface area contributed by atoms with E-state index in [1.54, 1.807) is 0 Å². The third-order valence-electron chi connectivity index (χ3n) is 3.39. The van der Waals surface area contributed by atoms with Crippen molar-refractivity contribution in [3.63, 3.8) is 0 Å². The molecule has 0 saturated heterocycles. The maximum Gasteiger partial charge on any atom is 0.416 e. The summed E-state index contributed by atoms with van der Waals surface area (Å²) < 4.78 is 56.5. The molecule has 2 rings (SSSR count). The Kier molecular flexibility index (Phi) is 6.27. The Morgan fingerprint density at radius 1 is 1.11 bits per heavy atom. The van der Waals surface area contributed by atoms with Crippen molar-refractivity contribution in [2.75, 3.05) is 24.3 Å². The van der Waals surface area contributed by atoms with Crippen LogP contribution in [0.25, 0.3) is 0 Å². The summed E-state index contributed by atoms with van der Waals surface area (Å²) in [5, 5.41) is 4.58. The number of halogens is 5. The van der Waals surface area contributed by atoms with E-state index in [1.165, 1.54) is 6.07 Å². The molecule has 0 aliphatic rings. The molecule has 0 spiro atoms. The lowest BCUT2D eigenvalue weighted by molar-refractivity contribution is -0.137. The molecule has 2 aromatic carbocycles. The van der Waals surface area contributed by atoms with Crippen LogP contribution in [0.5, 0.6) is 0 Å². The van der Waals surface area contributed by atoms with E-state index in [0.29, 0.717) is 6.07 Å². The second kappa shape index (κ2) is 8.26. The zero-order valence-corrected chi connectivity index (χ0v) is 14.5. The van der Waals surface area contributed by atoms with E-state index in [0.717, 1.165) is 31.4 Å². The van der Waals surface area contributed by atoms with Crippen LogP contribution in [0.2, 0.25) is 5.02 Å². The fourth-order valence-electron chi connectivity index (χ4n) is 2.07. The minimum atomic E-state index is -4.60. The lowest BCUT2D eigenvalue weighted by Crippen LogP contribution is -2.22.